The molecular weight excluding hydrogens is 268 g/mol. The van der Waals surface area contributed by atoms with Crippen LogP contribution in [-0.4, -0.2) is 55.6 Å². The minimum absolute atomic E-state index is 0.268. The number of methoxy groups -OCH3 is 1. The summed E-state index contributed by atoms with van der Waals surface area (Å²) >= 11 is 0. The van der Waals surface area contributed by atoms with Crippen molar-refractivity contribution in [3.05, 3.63) is 29.8 Å². The fourth-order valence-electron chi connectivity index (χ4n) is 2.25. The molecule has 0 heterocycles. The van der Waals surface area contributed by atoms with Gasteiger partial charge in [-0.3, -0.25) is 4.90 Å². The minimum atomic E-state index is -0.536. The van der Waals surface area contributed by atoms with Crippen LogP contribution in [-0.2, 0) is 11.3 Å². The van der Waals surface area contributed by atoms with Crippen LogP contribution in [0.15, 0.2) is 24.3 Å². The summed E-state index contributed by atoms with van der Waals surface area (Å²) in [6.07, 6.45) is -0.536. The average molecular weight is 296 g/mol. The smallest absolute Gasteiger partial charge is 0.119 e. The molecular formula is C16H28N2O3. The summed E-state index contributed by atoms with van der Waals surface area (Å²) in [5.41, 5.74) is 6.62. The normalized spacial score (nSPS) is 14.2. The molecule has 5 heteroatoms. The number of ether oxygens (including phenoxy) is 2. The van der Waals surface area contributed by atoms with E-state index in [2.05, 4.69) is 18.7 Å². The van der Waals surface area contributed by atoms with Crippen molar-refractivity contribution in [1.29, 1.82) is 0 Å². The van der Waals surface area contributed by atoms with E-state index in [1.54, 1.807) is 7.11 Å². The molecule has 0 amide bonds. The maximum atomic E-state index is 10.1. The van der Waals surface area contributed by atoms with Gasteiger partial charge >= 0.3 is 0 Å². The SMILES string of the molecule is CCN(CC(O)COc1cccc(CN)c1)C(C)COC. The number of hydrogen-bond acceptors (Lipinski definition) is 5. The first kappa shape index (κ1) is 17.9. The molecule has 2 atom stereocenters. The van der Waals surface area contributed by atoms with E-state index in [1.165, 1.54) is 0 Å². The Morgan fingerprint density at radius 2 is 2.10 bits per heavy atom. The Morgan fingerprint density at radius 1 is 1.33 bits per heavy atom. The highest BCUT2D eigenvalue weighted by Crippen LogP contribution is 2.13. The molecule has 5 nitrogen and oxygen atoms in total. The maximum Gasteiger partial charge on any atom is 0.119 e. The van der Waals surface area contributed by atoms with Crippen LogP contribution in [0, 0.1) is 0 Å². The molecule has 0 bridgehead atoms. The molecule has 3 N–H and O–H groups in total. The number of aliphatic hydroxyl groups is 1. The van der Waals surface area contributed by atoms with Gasteiger partial charge < -0.3 is 20.3 Å². The van der Waals surface area contributed by atoms with Gasteiger partial charge in [0.1, 0.15) is 18.5 Å². The number of rotatable bonds is 10. The predicted molar refractivity (Wildman–Crippen MR) is 84.4 cm³/mol. The number of aliphatic hydroxyl groups excluding tert-OH is 1. The number of nitrogens with two attached hydrogens (primary N) is 1. The minimum Gasteiger partial charge on any atom is -0.491 e. The summed E-state index contributed by atoms with van der Waals surface area (Å²) in [6.45, 7) is 7.00. The molecule has 21 heavy (non-hydrogen) atoms. The topological polar surface area (TPSA) is 68.0 Å². The second-order valence-electron chi connectivity index (χ2n) is 5.21. The van der Waals surface area contributed by atoms with Crippen LogP contribution in [0.1, 0.15) is 19.4 Å². The highest BCUT2D eigenvalue weighted by atomic mass is 16.5. The van der Waals surface area contributed by atoms with E-state index in [4.69, 9.17) is 15.2 Å². The standard InChI is InChI=1S/C16H28N2O3/c1-4-18(13(2)11-20-3)10-15(19)12-21-16-7-5-6-14(8-16)9-17/h5-8,13,15,19H,4,9-12,17H2,1-3H3. The summed E-state index contributed by atoms with van der Waals surface area (Å²) in [7, 11) is 1.69. The Morgan fingerprint density at radius 3 is 2.71 bits per heavy atom. The first-order valence-corrected chi connectivity index (χ1v) is 7.43. The zero-order valence-electron chi connectivity index (χ0n) is 13.3. The summed E-state index contributed by atoms with van der Waals surface area (Å²) in [5.74, 6) is 0.741. The van der Waals surface area contributed by atoms with Crippen molar-refractivity contribution in [2.45, 2.75) is 32.5 Å². The van der Waals surface area contributed by atoms with E-state index in [-0.39, 0.29) is 12.6 Å². The van der Waals surface area contributed by atoms with E-state index in [1.807, 2.05) is 24.3 Å². The van der Waals surface area contributed by atoms with Crippen molar-refractivity contribution in [3.8, 4) is 5.75 Å². The second-order valence-corrected chi connectivity index (χ2v) is 5.21. The summed E-state index contributed by atoms with van der Waals surface area (Å²) in [4.78, 5) is 2.17. The summed E-state index contributed by atoms with van der Waals surface area (Å²) in [5, 5.41) is 10.1. The fraction of sp³-hybridized carbons (Fsp3) is 0.625. The van der Waals surface area contributed by atoms with E-state index in [9.17, 15) is 5.11 Å². The lowest BCUT2D eigenvalue weighted by Crippen LogP contribution is -2.42. The van der Waals surface area contributed by atoms with Crippen molar-refractivity contribution in [3.63, 3.8) is 0 Å². The second kappa shape index (κ2) is 9.73. The molecule has 0 aliphatic carbocycles. The Hall–Kier alpha value is -1.14. The van der Waals surface area contributed by atoms with Crippen molar-refractivity contribution in [2.24, 2.45) is 5.73 Å². The number of hydrogen-bond donors (Lipinski definition) is 2. The third-order valence-electron chi connectivity index (χ3n) is 3.46. The van der Waals surface area contributed by atoms with Crippen molar-refractivity contribution in [2.75, 3.05) is 33.4 Å². The van der Waals surface area contributed by atoms with Gasteiger partial charge in [-0.25, -0.2) is 0 Å². The molecule has 1 aromatic rings. The van der Waals surface area contributed by atoms with Crippen LogP contribution < -0.4 is 10.5 Å². The van der Waals surface area contributed by atoms with Crippen LogP contribution in [0.2, 0.25) is 0 Å². The molecule has 120 valence electrons. The monoisotopic (exact) mass is 296 g/mol. The van der Waals surface area contributed by atoms with E-state index < -0.39 is 6.10 Å². The molecule has 2 unspecified atom stereocenters. The van der Waals surface area contributed by atoms with Gasteiger partial charge in [0, 0.05) is 26.2 Å². The van der Waals surface area contributed by atoms with Gasteiger partial charge in [0.15, 0.2) is 0 Å². The molecule has 0 saturated heterocycles. The van der Waals surface area contributed by atoms with E-state index in [0.29, 0.717) is 19.7 Å². The fourth-order valence-corrected chi connectivity index (χ4v) is 2.25. The Labute approximate surface area is 127 Å². The summed E-state index contributed by atoms with van der Waals surface area (Å²) < 4.78 is 10.8. The molecule has 0 saturated carbocycles. The van der Waals surface area contributed by atoms with Gasteiger partial charge in [-0.1, -0.05) is 19.1 Å². The molecule has 0 aliphatic rings. The van der Waals surface area contributed by atoms with E-state index in [0.717, 1.165) is 17.9 Å². The van der Waals surface area contributed by atoms with Gasteiger partial charge in [0.25, 0.3) is 0 Å². The lowest BCUT2D eigenvalue weighted by Gasteiger charge is -2.29. The maximum absolute atomic E-state index is 10.1. The molecule has 1 rings (SSSR count). The largest absolute Gasteiger partial charge is 0.491 e. The molecule has 0 radical (unpaired) electrons. The average Bonchev–Trinajstić information content (AvgIpc) is 2.51. The number of nitrogens with zero attached hydrogens (tertiary/aromatic N) is 1. The zero-order chi connectivity index (χ0) is 15.7. The van der Waals surface area contributed by atoms with Crippen molar-refractivity contribution in [1.82, 2.24) is 4.90 Å². The number of likely N-dealkylation sites (N-methyl/N-ethyl adjacent to an activating group) is 1. The number of benzene rings is 1. The lowest BCUT2D eigenvalue weighted by atomic mass is 10.2. The van der Waals surface area contributed by atoms with Crippen LogP contribution in [0.5, 0.6) is 5.75 Å². The Kier molecular flexibility index (Phi) is 8.30. The van der Waals surface area contributed by atoms with Gasteiger partial charge in [-0.05, 0) is 31.2 Å². The first-order valence-electron chi connectivity index (χ1n) is 7.43. The van der Waals surface area contributed by atoms with Crippen LogP contribution in [0.4, 0.5) is 0 Å². The van der Waals surface area contributed by atoms with Gasteiger partial charge in [0.05, 0.1) is 6.61 Å². The van der Waals surface area contributed by atoms with Crippen molar-refractivity contribution < 1.29 is 14.6 Å². The third-order valence-corrected chi connectivity index (χ3v) is 3.46. The third kappa shape index (κ3) is 6.44. The molecule has 1 aromatic carbocycles. The highest BCUT2D eigenvalue weighted by Gasteiger charge is 2.16. The lowest BCUT2D eigenvalue weighted by molar-refractivity contribution is 0.0368. The molecule has 0 aromatic heterocycles. The predicted octanol–water partition coefficient (Wildman–Crippen LogP) is 1.24. The molecule has 0 fully saturated rings. The summed E-state index contributed by atoms with van der Waals surface area (Å²) in [6, 6.07) is 7.90. The Balaban J connectivity index is 2.43. The first-order chi connectivity index (χ1) is 10.1. The van der Waals surface area contributed by atoms with Crippen molar-refractivity contribution >= 4 is 0 Å². The molecule has 0 spiro atoms. The van der Waals surface area contributed by atoms with Crippen LogP contribution >= 0.6 is 0 Å². The Bertz CT molecular complexity index is 401. The highest BCUT2D eigenvalue weighted by molar-refractivity contribution is 5.28. The van der Waals surface area contributed by atoms with Crippen LogP contribution in [0.3, 0.4) is 0 Å². The van der Waals surface area contributed by atoms with Gasteiger partial charge in [-0.2, -0.15) is 0 Å². The van der Waals surface area contributed by atoms with E-state index >= 15 is 0 Å². The van der Waals surface area contributed by atoms with Gasteiger partial charge in [0.2, 0.25) is 0 Å². The quantitative estimate of drug-likeness (QED) is 0.680. The van der Waals surface area contributed by atoms with Gasteiger partial charge in [-0.15, -0.1) is 0 Å². The molecule has 0 aliphatic heterocycles. The van der Waals surface area contributed by atoms with Crippen LogP contribution in [0.25, 0.3) is 0 Å². The zero-order valence-corrected chi connectivity index (χ0v) is 13.3.